The monoisotopic (exact) mass is 415 g/mol. The number of hydrogen-bond acceptors (Lipinski definition) is 3. The van der Waals surface area contributed by atoms with E-state index in [1.54, 1.807) is 13.2 Å². The summed E-state index contributed by atoms with van der Waals surface area (Å²) in [6.07, 6.45) is 3.31. The zero-order valence-electron chi connectivity index (χ0n) is 18.5. The molecule has 0 unspecified atom stereocenters. The van der Waals surface area contributed by atoms with Crippen molar-refractivity contribution in [2.24, 2.45) is 0 Å². The van der Waals surface area contributed by atoms with Gasteiger partial charge in [0.05, 0.1) is 7.11 Å². The molecule has 3 aromatic rings. The molecule has 1 amide bonds. The van der Waals surface area contributed by atoms with Crippen LogP contribution in [0, 0.1) is 6.92 Å². The minimum absolute atomic E-state index is 0.167. The zero-order valence-corrected chi connectivity index (χ0v) is 18.5. The van der Waals surface area contributed by atoms with Gasteiger partial charge in [0.1, 0.15) is 6.61 Å². The number of para-hydroxylation sites is 1. The number of hydrogen-bond donors (Lipinski definition) is 1. The van der Waals surface area contributed by atoms with Crippen LogP contribution in [-0.4, -0.2) is 13.0 Å². The van der Waals surface area contributed by atoms with Crippen LogP contribution in [0.3, 0.4) is 0 Å². The third-order valence-electron chi connectivity index (χ3n) is 5.03. The van der Waals surface area contributed by atoms with E-state index in [0.717, 1.165) is 27.9 Å². The molecule has 31 heavy (non-hydrogen) atoms. The molecule has 0 heterocycles. The summed E-state index contributed by atoms with van der Waals surface area (Å²) in [6, 6.07) is 21.7. The molecular formula is C27H29NO3. The number of ether oxygens (including phenoxy) is 2. The molecule has 0 bridgehead atoms. The van der Waals surface area contributed by atoms with Gasteiger partial charge in [-0.1, -0.05) is 68.4 Å². The molecule has 0 spiro atoms. The molecule has 0 atom stereocenters. The van der Waals surface area contributed by atoms with E-state index in [1.165, 1.54) is 6.08 Å². The van der Waals surface area contributed by atoms with Crippen LogP contribution >= 0.6 is 0 Å². The second kappa shape index (κ2) is 10.5. The lowest BCUT2D eigenvalue weighted by molar-refractivity contribution is -0.111. The van der Waals surface area contributed by atoms with Crippen LogP contribution in [-0.2, 0) is 11.4 Å². The summed E-state index contributed by atoms with van der Waals surface area (Å²) >= 11 is 0. The molecule has 1 N–H and O–H groups in total. The van der Waals surface area contributed by atoms with Gasteiger partial charge in [-0.25, -0.2) is 0 Å². The number of anilines is 1. The molecule has 3 rings (SSSR count). The van der Waals surface area contributed by atoms with Gasteiger partial charge in [-0.15, -0.1) is 0 Å². The van der Waals surface area contributed by atoms with Gasteiger partial charge in [-0.2, -0.15) is 0 Å². The van der Waals surface area contributed by atoms with Gasteiger partial charge in [0.15, 0.2) is 11.5 Å². The Morgan fingerprint density at radius 1 is 1.00 bits per heavy atom. The molecule has 3 aromatic carbocycles. The zero-order chi connectivity index (χ0) is 22.2. The van der Waals surface area contributed by atoms with Gasteiger partial charge in [0.2, 0.25) is 5.91 Å². The minimum Gasteiger partial charge on any atom is -0.493 e. The summed E-state index contributed by atoms with van der Waals surface area (Å²) < 4.78 is 11.4. The van der Waals surface area contributed by atoms with Crippen molar-refractivity contribution in [1.82, 2.24) is 0 Å². The van der Waals surface area contributed by atoms with Crippen LogP contribution in [0.1, 0.15) is 42.0 Å². The van der Waals surface area contributed by atoms with Crippen molar-refractivity contribution >= 4 is 17.7 Å². The average Bonchev–Trinajstić information content (AvgIpc) is 2.78. The first-order valence-electron chi connectivity index (χ1n) is 10.4. The molecule has 4 nitrogen and oxygen atoms in total. The molecule has 0 radical (unpaired) electrons. The fraction of sp³-hybridized carbons (Fsp3) is 0.222. The van der Waals surface area contributed by atoms with Gasteiger partial charge >= 0.3 is 0 Å². The van der Waals surface area contributed by atoms with E-state index in [1.807, 2.05) is 67.6 Å². The summed E-state index contributed by atoms with van der Waals surface area (Å²) in [6.45, 7) is 6.70. The van der Waals surface area contributed by atoms with E-state index in [2.05, 4.69) is 25.2 Å². The fourth-order valence-electron chi connectivity index (χ4n) is 3.32. The van der Waals surface area contributed by atoms with E-state index >= 15 is 0 Å². The quantitative estimate of drug-likeness (QED) is 0.436. The molecule has 4 heteroatoms. The van der Waals surface area contributed by atoms with Crippen LogP contribution in [0.15, 0.2) is 72.8 Å². The highest BCUT2D eigenvalue weighted by molar-refractivity contribution is 6.02. The normalized spacial score (nSPS) is 11.0. The Morgan fingerprint density at radius 3 is 2.48 bits per heavy atom. The van der Waals surface area contributed by atoms with Crippen molar-refractivity contribution in [3.63, 3.8) is 0 Å². The second-order valence-corrected chi connectivity index (χ2v) is 7.70. The molecular weight excluding hydrogens is 386 g/mol. The predicted molar refractivity (Wildman–Crippen MR) is 127 cm³/mol. The lowest BCUT2D eigenvalue weighted by Gasteiger charge is -2.15. The van der Waals surface area contributed by atoms with Gasteiger partial charge in [0.25, 0.3) is 0 Å². The Bertz CT molecular complexity index is 1060. The SMILES string of the molecule is COc1cc(/C=C/C(=O)Nc2c(C)cccc2C(C)C)ccc1OCc1ccccc1. The van der Waals surface area contributed by atoms with Crippen molar-refractivity contribution in [2.45, 2.75) is 33.3 Å². The number of amides is 1. The number of carbonyl (C=O) groups is 1. The highest BCUT2D eigenvalue weighted by Crippen LogP contribution is 2.30. The summed E-state index contributed by atoms with van der Waals surface area (Å²) in [7, 11) is 1.61. The van der Waals surface area contributed by atoms with Crippen molar-refractivity contribution < 1.29 is 14.3 Å². The molecule has 0 fully saturated rings. The Balaban J connectivity index is 1.69. The molecule has 0 aromatic heterocycles. The van der Waals surface area contributed by atoms with Crippen molar-refractivity contribution in [3.8, 4) is 11.5 Å². The van der Waals surface area contributed by atoms with E-state index in [0.29, 0.717) is 24.0 Å². The first-order valence-corrected chi connectivity index (χ1v) is 10.4. The summed E-state index contributed by atoms with van der Waals surface area (Å²) in [5, 5.41) is 3.03. The molecule has 0 saturated heterocycles. The van der Waals surface area contributed by atoms with Crippen LogP contribution in [0.2, 0.25) is 0 Å². The molecule has 0 saturated carbocycles. The first kappa shape index (κ1) is 22.2. The number of rotatable bonds is 8. The van der Waals surface area contributed by atoms with E-state index in [4.69, 9.17) is 9.47 Å². The van der Waals surface area contributed by atoms with E-state index in [9.17, 15) is 4.79 Å². The largest absolute Gasteiger partial charge is 0.493 e. The Kier molecular flexibility index (Phi) is 7.50. The van der Waals surface area contributed by atoms with Gasteiger partial charge in [0, 0.05) is 11.8 Å². The third-order valence-corrected chi connectivity index (χ3v) is 5.03. The summed E-state index contributed by atoms with van der Waals surface area (Å²) in [4.78, 5) is 12.5. The van der Waals surface area contributed by atoms with Crippen molar-refractivity contribution in [2.75, 3.05) is 12.4 Å². The predicted octanol–water partition coefficient (Wildman–Crippen LogP) is 6.36. The van der Waals surface area contributed by atoms with Gasteiger partial charge in [-0.3, -0.25) is 4.79 Å². The van der Waals surface area contributed by atoms with E-state index < -0.39 is 0 Å². The number of carbonyl (C=O) groups excluding carboxylic acids is 1. The highest BCUT2D eigenvalue weighted by atomic mass is 16.5. The van der Waals surface area contributed by atoms with Crippen LogP contribution in [0.4, 0.5) is 5.69 Å². The van der Waals surface area contributed by atoms with Crippen LogP contribution in [0.5, 0.6) is 11.5 Å². The first-order chi connectivity index (χ1) is 15.0. The second-order valence-electron chi connectivity index (χ2n) is 7.70. The molecule has 160 valence electrons. The Hall–Kier alpha value is -3.53. The van der Waals surface area contributed by atoms with Gasteiger partial charge < -0.3 is 14.8 Å². The lowest BCUT2D eigenvalue weighted by Crippen LogP contribution is -2.11. The maximum Gasteiger partial charge on any atom is 0.248 e. The minimum atomic E-state index is -0.167. The summed E-state index contributed by atoms with van der Waals surface area (Å²) in [5.74, 6) is 1.44. The van der Waals surface area contributed by atoms with Crippen molar-refractivity contribution in [3.05, 3.63) is 95.1 Å². The van der Waals surface area contributed by atoms with Crippen molar-refractivity contribution in [1.29, 1.82) is 0 Å². The topological polar surface area (TPSA) is 47.6 Å². The highest BCUT2D eigenvalue weighted by Gasteiger charge is 2.11. The Labute approximate surface area is 184 Å². The molecule has 0 aliphatic heterocycles. The van der Waals surface area contributed by atoms with E-state index in [-0.39, 0.29) is 5.91 Å². The maximum absolute atomic E-state index is 12.5. The van der Waals surface area contributed by atoms with Gasteiger partial charge in [-0.05, 0) is 53.3 Å². The van der Waals surface area contributed by atoms with Crippen LogP contribution in [0.25, 0.3) is 6.08 Å². The maximum atomic E-state index is 12.5. The number of aryl methyl sites for hydroxylation is 1. The lowest BCUT2D eigenvalue weighted by atomic mass is 9.98. The van der Waals surface area contributed by atoms with Crippen LogP contribution < -0.4 is 14.8 Å². The third kappa shape index (κ3) is 5.98. The number of nitrogens with one attached hydrogen (secondary N) is 1. The average molecular weight is 416 g/mol. The standard InChI is InChI=1S/C27H29NO3/c1-19(2)23-12-8-9-20(3)27(23)28-26(29)16-14-21-13-15-24(25(17-21)30-4)31-18-22-10-6-5-7-11-22/h5-17,19H,18H2,1-4H3,(H,28,29)/b16-14+. The fourth-order valence-corrected chi connectivity index (χ4v) is 3.32. The molecule has 0 aliphatic carbocycles. The smallest absolute Gasteiger partial charge is 0.248 e. The molecule has 0 aliphatic rings. The number of benzene rings is 3. The number of methoxy groups -OCH3 is 1. The Morgan fingerprint density at radius 2 is 1.77 bits per heavy atom. The summed E-state index contributed by atoms with van der Waals surface area (Å²) in [5.41, 5.74) is 5.00.